The quantitative estimate of drug-likeness (QED) is 0.486. The smallest absolute Gasteiger partial charge is 0.271 e. The lowest BCUT2D eigenvalue weighted by molar-refractivity contribution is -0.384. The Labute approximate surface area is 161 Å². The summed E-state index contributed by atoms with van der Waals surface area (Å²) in [6, 6.07) is 19.3. The van der Waals surface area contributed by atoms with Gasteiger partial charge in [0.15, 0.2) is 0 Å². The van der Waals surface area contributed by atoms with E-state index < -0.39 is 20.9 Å². The molecular formula is C19H15N3O5S. The van der Waals surface area contributed by atoms with Gasteiger partial charge >= 0.3 is 0 Å². The standard InChI is InChI=1S/C19H15N3O5S/c23-19(20-16-9-5-10-17(13-16)22(24)25)14-6-4-11-18(12-14)28(26,27)21-15-7-2-1-3-8-15/h1-13,21H,(H,20,23). The highest BCUT2D eigenvalue weighted by Gasteiger charge is 2.17. The van der Waals surface area contributed by atoms with Gasteiger partial charge in [0.05, 0.1) is 9.82 Å². The van der Waals surface area contributed by atoms with Crippen molar-refractivity contribution in [1.29, 1.82) is 0 Å². The molecule has 0 aromatic heterocycles. The molecule has 3 rings (SSSR count). The van der Waals surface area contributed by atoms with Gasteiger partial charge in [0.1, 0.15) is 0 Å². The number of hydrogen-bond donors (Lipinski definition) is 2. The van der Waals surface area contributed by atoms with Crippen molar-refractivity contribution in [1.82, 2.24) is 0 Å². The lowest BCUT2D eigenvalue weighted by Crippen LogP contribution is -2.16. The molecule has 3 aromatic rings. The number of carbonyl (C=O) groups is 1. The minimum Gasteiger partial charge on any atom is -0.322 e. The Morgan fingerprint density at radius 3 is 2.25 bits per heavy atom. The Kier molecular flexibility index (Phi) is 5.37. The number of non-ortho nitro benzene ring substituents is 1. The molecule has 0 aliphatic heterocycles. The summed E-state index contributed by atoms with van der Waals surface area (Å²) in [7, 11) is -3.88. The molecule has 0 aliphatic rings. The maximum absolute atomic E-state index is 12.5. The Morgan fingerprint density at radius 1 is 0.857 bits per heavy atom. The fraction of sp³-hybridized carbons (Fsp3) is 0. The molecule has 0 saturated heterocycles. The molecule has 0 atom stereocenters. The summed E-state index contributed by atoms with van der Waals surface area (Å²) in [5.74, 6) is -0.586. The molecule has 9 heteroatoms. The van der Waals surface area contributed by atoms with Gasteiger partial charge in [-0.15, -0.1) is 0 Å². The van der Waals surface area contributed by atoms with Crippen molar-refractivity contribution in [3.8, 4) is 0 Å². The molecule has 2 N–H and O–H groups in total. The van der Waals surface area contributed by atoms with Crippen molar-refractivity contribution in [3.05, 3.63) is 94.5 Å². The van der Waals surface area contributed by atoms with Gasteiger partial charge in [-0.2, -0.15) is 0 Å². The van der Waals surface area contributed by atoms with Gasteiger partial charge in [-0.1, -0.05) is 30.3 Å². The molecule has 0 spiro atoms. The van der Waals surface area contributed by atoms with Crippen LogP contribution < -0.4 is 10.0 Å². The van der Waals surface area contributed by atoms with E-state index in [1.807, 2.05) is 0 Å². The highest BCUT2D eigenvalue weighted by molar-refractivity contribution is 7.92. The molecule has 0 saturated carbocycles. The van der Waals surface area contributed by atoms with Crippen molar-refractivity contribution in [2.24, 2.45) is 0 Å². The van der Waals surface area contributed by atoms with Gasteiger partial charge in [-0.25, -0.2) is 8.42 Å². The predicted octanol–water partition coefficient (Wildman–Crippen LogP) is 3.65. The number of benzene rings is 3. The number of para-hydroxylation sites is 1. The predicted molar refractivity (Wildman–Crippen MR) is 105 cm³/mol. The number of rotatable bonds is 6. The van der Waals surface area contributed by atoms with E-state index in [2.05, 4.69) is 10.0 Å². The van der Waals surface area contributed by atoms with Crippen LogP contribution in [0.25, 0.3) is 0 Å². The minimum absolute atomic E-state index is 0.0805. The number of nitrogens with one attached hydrogen (secondary N) is 2. The van der Waals surface area contributed by atoms with Crippen molar-refractivity contribution in [3.63, 3.8) is 0 Å². The van der Waals surface area contributed by atoms with E-state index in [-0.39, 0.29) is 21.8 Å². The van der Waals surface area contributed by atoms with Crippen LogP contribution in [0.5, 0.6) is 0 Å². The first-order valence-corrected chi connectivity index (χ1v) is 9.57. The third kappa shape index (κ3) is 4.51. The molecule has 142 valence electrons. The van der Waals surface area contributed by atoms with Crippen LogP contribution in [0.4, 0.5) is 17.1 Å². The average molecular weight is 397 g/mol. The number of amides is 1. The second kappa shape index (κ2) is 7.89. The minimum atomic E-state index is -3.88. The van der Waals surface area contributed by atoms with E-state index in [1.54, 1.807) is 30.3 Å². The first kappa shape index (κ1) is 19.1. The topological polar surface area (TPSA) is 118 Å². The molecule has 3 aromatic carbocycles. The van der Waals surface area contributed by atoms with E-state index in [0.29, 0.717) is 5.69 Å². The Balaban J connectivity index is 1.81. The SMILES string of the molecule is O=C(Nc1cccc([N+](=O)[O-])c1)c1cccc(S(=O)(=O)Nc2ccccc2)c1. The highest BCUT2D eigenvalue weighted by Crippen LogP contribution is 2.20. The summed E-state index contributed by atoms with van der Waals surface area (Å²) < 4.78 is 27.5. The summed E-state index contributed by atoms with van der Waals surface area (Å²) in [6.45, 7) is 0. The number of nitro benzene ring substituents is 1. The first-order valence-electron chi connectivity index (χ1n) is 8.09. The molecule has 0 heterocycles. The average Bonchev–Trinajstić information content (AvgIpc) is 2.68. The number of nitrogens with zero attached hydrogens (tertiary/aromatic N) is 1. The molecule has 0 aliphatic carbocycles. The lowest BCUT2D eigenvalue weighted by Gasteiger charge is -2.10. The zero-order chi connectivity index (χ0) is 20.1. The zero-order valence-electron chi connectivity index (χ0n) is 14.4. The van der Waals surface area contributed by atoms with Crippen LogP contribution in [0.15, 0.2) is 83.8 Å². The molecule has 0 unspecified atom stereocenters. The molecule has 0 radical (unpaired) electrons. The molecule has 0 fully saturated rings. The van der Waals surface area contributed by atoms with E-state index in [0.717, 1.165) is 0 Å². The molecule has 1 amide bonds. The summed E-state index contributed by atoms with van der Waals surface area (Å²) in [6.07, 6.45) is 0. The largest absolute Gasteiger partial charge is 0.322 e. The van der Waals surface area contributed by atoms with Crippen LogP contribution in [0, 0.1) is 10.1 Å². The maximum Gasteiger partial charge on any atom is 0.271 e. The van der Waals surface area contributed by atoms with Crippen LogP contribution in [0.3, 0.4) is 0 Å². The number of nitro groups is 1. The van der Waals surface area contributed by atoms with Gasteiger partial charge in [-0.3, -0.25) is 19.6 Å². The summed E-state index contributed by atoms with van der Waals surface area (Å²) in [4.78, 5) is 22.6. The lowest BCUT2D eigenvalue weighted by atomic mass is 10.2. The third-order valence-electron chi connectivity index (χ3n) is 3.75. The van der Waals surface area contributed by atoms with Crippen molar-refractivity contribution >= 4 is 33.0 Å². The number of hydrogen-bond acceptors (Lipinski definition) is 5. The molecule has 0 bridgehead atoms. The summed E-state index contributed by atoms with van der Waals surface area (Å²) >= 11 is 0. The Morgan fingerprint density at radius 2 is 1.54 bits per heavy atom. The fourth-order valence-electron chi connectivity index (χ4n) is 2.43. The van der Waals surface area contributed by atoms with Crippen molar-refractivity contribution < 1.29 is 18.1 Å². The Hall–Kier alpha value is -3.72. The summed E-state index contributed by atoms with van der Waals surface area (Å²) in [5, 5.41) is 13.4. The summed E-state index contributed by atoms with van der Waals surface area (Å²) in [5.41, 5.74) is 0.562. The van der Waals surface area contributed by atoms with E-state index in [9.17, 15) is 23.3 Å². The van der Waals surface area contributed by atoms with Gasteiger partial charge in [0, 0.05) is 29.1 Å². The van der Waals surface area contributed by atoms with Gasteiger partial charge < -0.3 is 5.32 Å². The zero-order valence-corrected chi connectivity index (χ0v) is 15.2. The first-order chi connectivity index (χ1) is 13.3. The van der Waals surface area contributed by atoms with Crippen LogP contribution in [-0.4, -0.2) is 19.2 Å². The molecule has 8 nitrogen and oxygen atoms in total. The molecule has 28 heavy (non-hydrogen) atoms. The Bertz CT molecular complexity index is 1130. The van der Waals surface area contributed by atoms with Crippen LogP contribution in [0.2, 0.25) is 0 Å². The van der Waals surface area contributed by atoms with E-state index in [4.69, 9.17) is 0 Å². The van der Waals surface area contributed by atoms with Gasteiger partial charge in [-0.05, 0) is 36.4 Å². The van der Waals surface area contributed by atoms with Crippen LogP contribution >= 0.6 is 0 Å². The van der Waals surface area contributed by atoms with Crippen LogP contribution in [-0.2, 0) is 10.0 Å². The number of sulfonamides is 1. The van der Waals surface area contributed by atoms with Crippen molar-refractivity contribution in [2.75, 3.05) is 10.0 Å². The van der Waals surface area contributed by atoms with E-state index >= 15 is 0 Å². The second-order valence-electron chi connectivity index (χ2n) is 5.76. The fourth-order valence-corrected chi connectivity index (χ4v) is 3.53. The number of carbonyl (C=O) groups excluding carboxylic acids is 1. The van der Waals surface area contributed by atoms with E-state index in [1.165, 1.54) is 48.5 Å². The van der Waals surface area contributed by atoms with Crippen molar-refractivity contribution in [2.45, 2.75) is 4.90 Å². The third-order valence-corrected chi connectivity index (χ3v) is 5.13. The highest BCUT2D eigenvalue weighted by atomic mass is 32.2. The van der Waals surface area contributed by atoms with Gasteiger partial charge in [0.2, 0.25) is 0 Å². The number of anilines is 2. The normalized spacial score (nSPS) is 10.9. The second-order valence-corrected chi connectivity index (χ2v) is 7.44. The van der Waals surface area contributed by atoms with Crippen LogP contribution in [0.1, 0.15) is 10.4 Å². The molecular weight excluding hydrogens is 382 g/mol. The van der Waals surface area contributed by atoms with Gasteiger partial charge in [0.25, 0.3) is 21.6 Å². The monoisotopic (exact) mass is 397 g/mol. The maximum atomic E-state index is 12.5.